The van der Waals surface area contributed by atoms with Crippen LogP contribution >= 0.6 is 0 Å². The number of esters is 2. The third-order valence-electron chi connectivity index (χ3n) is 7.51. The highest BCUT2D eigenvalue weighted by molar-refractivity contribution is 5.92. The first kappa shape index (κ1) is 23.3. The quantitative estimate of drug-likeness (QED) is 0.367. The molecule has 4 nitrogen and oxygen atoms in total. The fourth-order valence-electron chi connectivity index (χ4n) is 5.84. The Morgan fingerprint density at radius 3 is 1.40 bits per heavy atom. The van der Waals surface area contributed by atoms with Crippen LogP contribution < -0.4 is 0 Å². The van der Waals surface area contributed by atoms with Crippen LogP contribution in [-0.4, -0.2) is 24.1 Å². The molecule has 0 aliphatic heterocycles. The van der Waals surface area contributed by atoms with Gasteiger partial charge in [0.2, 0.25) is 0 Å². The maximum atomic E-state index is 13.4. The zero-order valence-corrected chi connectivity index (χ0v) is 20.7. The van der Waals surface area contributed by atoms with Gasteiger partial charge in [0.25, 0.3) is 0 Å². The molecule has 3 aromatic rings. The SMILES string of the molecule is CC(C)c1ccccc1C(=O)OC1C2CC(c3ccccc32)C1OC(=O)c1ccccc1C(C)C. The Balaban J connectivity index is 1.47. The largest absolute Gasteiger partial charge is 0.454 e. The topological polar surface area (TPSA) is 52.6 Å². The molecule has 35 heavy (non-hydrogen) atoms. The van der Waals surface area contributed by atoms with Gasteiger partial charge in [0.1, 0.15) is 12.2 Å². The lowest BCUT2D eigenvalue weighted by Crippen LogP contribution is -2.39. The van der Waals surface area contributed by atoms with Crippen LogP contribution in [0.5, 0.6) is 0 Å². The van der Waals surface area contributed by atoms with Gasteiger partial charge in [-0.25, -0.2) is 9.59 Å². The van der Waals surface area contributed by atoms with Gasteiger partial charge in [-0.2, -0.15) is 0 Å². The molecule has 0 aromatic heterocycles. The van der Waals surface area contributed by atoms with Gasteiger partial charge in [-0.3, -0.25) is 0 Å². The minimum Gasteiger partial charge on any atom is -0.454 e. The average molecular weight is 469 g/mol. The van der Waals surface area contributed by atoms with E-state index in [0.29, 0.717) is 11.1 Å². The summed E-state index contributed by atoms with van der Waals surface area (Å²) >= 11 is 0. The van der Waals surface area contributed by atoms with Crippen LogP contribution in [0.1, 0.15) is 101 Å². The highest BCUT2D eigenvalue weighted by Crippen LogP contribution is 2.55. The molecule has 1 fully saturated rings. The molecule has 1 saturated carbocycles. The summed E-state index contributed by atoms with van der Waals surface area (Å²) in [5.74, 6) is -0.281. The summed E-state index contributed by atoms with van der Waals surface area (Å²) in [4.78, 5) is 26.8. The van der Waals surface area contributed by atoms with E-state index in [1.54, 1.807) is 0 Å². The van der Waals surface area contributed by atoms with Gasteiger partial charge in [0.05, 0.1) is 11.1 Å². The second kappa shape index (κ2) is 9.33. The fraction of sp³-hybridized carbons (Fsp3) is 0.355. The molecular formula is C31H32O4. The summed E-state index contributed by atoms with van der Waals surface area (Å²) in [6.45, 7) is 8.26. The van der Waals surface area contributed by atoms with E-state index in [-0.39, 0.29) is 35.6 Å². The molecule has 2 aliphatic rings. The minimum atomic E-state index is -0.516. The summed E-state index contributed by atoms with van der Waals surface area (Å²) in [6, 6.07) is 23.4. The second-order valence-corrected chi connectivity index (χ2v) is 10.3. The predicted octanol–water partition coefficient (Wildman–Crippen LogP) is 6.97. The van der Waals surface area contributed by atoms with Crippen molar-refractivity contribution in [1.82, 2.24) is 0 Å². The van der Waals surface area contributed by atoms with Gasteiger partial charge in [-0.05, 0) is 52.6 Å². The molecule has 180 valence electrons. The summed E-state index contributed by atoms with van der Waals surface area (Å²) in [5.41, 5.74) is 5.47. The van der Waals surface area contributed by atoms with Crippen LogP contribution in [0.25, 0.3) is 0 Å². The van der Waals surface area contributed by atoms with Crippen LogP contribution in [0.3, 0.4) is 0 Å². The molecule has 0 radical (unpaired) electrons. The first-order chi connectivity index (χ1) is 16.9. The molecule has 4 heteroatoms. The van der Waals surface area contributed by atoms with E-state index in [2.05, 4.69) is 39.8 Å². The molecule has 0 N–H and O–H groups in total. The number of benzene rings is 3. The predicted molar refractivity (Wildman–Crippen MR) is 136 cm³/mol. The van der Waals surface area contributed by atoms with Crippen LogP contribution in [0.4, 0.5) is 0 Å². The molecule has 0 spiro atoms. The van der Waals surface area contributed by atoms with Gasteiger partial charge in [0, 0.05) is 11.8 Å². The number of hydrogen-bond donors (Lipinski definition) is 0. The van der Waals surface area contributed by atoms with Gasteiger partial charge in [-0.1, -0.05) is 88.4 Å². The first-order valence-electron chi connectivity index (χ1n) is 12.6. The molecule has 0 amide bonds. The molecule has 4 unspecified atom stereocenters. The van der Waals surface area contributed by atoms with E-state index >= 15 is 0 Å². The van der Waals surface area contributed by atoms with Crippen molar-refractivity contribution in [2.24, 2.45) is 0 Å². The van der Waals surface area contributed by atoms with Crippen LogP contribution in [0.15, 0.2) is 72.8 Å². The van der Waals surface area contributed by atoms with Crippen LogP contribution in [0.2, 0.25) is 0 Å². The second-order valence-electron chi connectivity index (χ2n) is 10.3. The standard InChI is InChI=1S/C31H32O4/c1-18(2)20-11-5-9-15-24(20)30(32)34-28-26-17-27(23-14-8-7-13-22(23)26)29(28)35-31(33)25-16-10-6-12-21(25)19(3)4/h5-16,18-19,26-29H,17H2,1-4H3. The maximum absolute atomic E-state index is 13.4. The zero-order chi connectivity index (χ0) is 24.7. The molecule has 0 saturated heterocycles. The summed E-state index contributed by atoms with van der Waals surface area (Å²) in [7, 11) is 0. The maximum Gasteiger partial charge on any atom is 0.338 e. The highest BCUT2D eigenvalue weighted by Gasteiger charge is 2.55. The van der Waals surface area contributed by atoms with Crippen molar-refractivity contribution in [3.8, 4) is 0 Å². The Labute approximate surface area is 207 Å². The third kappa shape index (κ3) is 4.16. The highest BCUT2D eigenvalue weighted by atomic mass is 16.6. The Bertz CT molecular complexity index is 1160. The Morgan fingerprint density at radius 1 is 0.629 bits per heavy atom. The first-order valence-corrected chi connectivity index (χ1v) is 12.6. The summed E-state index contributed by atoms with van der Waals surface area (Å²) < 4.78 is 12.4. The molecule has 5 rings (SSSR count). The summed E-state index contributed by atoms with van der Waals surface area (Å²) in [6.07, 6.45) is -0.219. The normalized spacial score (nSPS) is 22.3. The van der Waals surface area contributed by atoms with E-state index in [1.807, 2.05) is 60.7 Å². The molecule has 3 aromatic carbocycles. The lowest BCUT2D eigenvalue weighted by Gasteiger charge is -2.32. The van der Waals surface area contributed by atoms with Gasteiger partial charge in [0.15, 0.2) is 0 Å². The molecule has 2 aliphatic carbocycles. The van der Waals surface area contributed by atoms with Crippen molar-refractivity contribution in [2.75, 3.05) is 0 Å². The Hall–Kier alpha value is -3.40. The van der Waals surface area contributed by atoms with Crippen LogP contribution in [0, 0.1) is 0 Å². The lowest BCUT2D eigenvalue weighted by atomic mass is 9.87. The zero-order valence-electron chi connectivity index (χ0n) is 20.7. The minimum absolute atomic E-state index is 0.0181. The number of hydrogen-bond acceptors (Lipinski definition) is 4. The van der Waals surface area contributed by atoms with Gasteiger partial charge < -0.3 is 9.47 Å². The van der Waals surface area contributed by atoms with Crippen molar-refractivity contribution >= 4 is 11.9 Å². The number of fused-ring (bicyclic) bond motifs is 5. The van der Waals surface area contributed by atoms with Crippen molar-refractivity contribution in [3.63, 3.8) is 0 Å². The molecular weight excluding hydrogens is 436 g/mol. The van der Waals surface area contributed by atoms with Crippen molar-refractivity contribution in [1.29, 1.82) is 0 Å². The molecule has 0 heterocycles. The monoisotopic (exact) mass is 468 g/mol. The lowest BCUT2D eigenvalue weighted by molar-refractivity contribution is -0.0350. The molecule has 2 bridgehead atoms. The van der Waals surface area contributed by atoms with E-state index in [4.69, 9.17) is 9.47 Å². The number of carbonyl (C=O) groups is 2. The van der Waals surface area contributed by atoms with E-state index in [9.17, 15) is 9.59 Å². The average Bonchev–Trinajstić information content (AvgIpc) is 3.41. The van der Waals surface area contributed by atoms with Crippen molar-refractivity contribution in [3.05, 3.63) is 106 Å². The smallest absolute Gasteiger partial charge is 0.338 e. The fourth-order valence-corrected chi connectivity index (χ4v) is 5.84. The third-order valence-corrected chi connectivity index (χ3v) is 7.51. The van der Waals surface area contributed by atoms with E-state index in [0.717, 1.165) is 17.5 Å². The summed E-state index contributed by atoms with van der Waals surface area (Å²) in [5, 5.41) is 0. The Kier molecular flexibility index (Phi) is 6.22. The van der Waals surface area contributed by atoms with E-state index in [1.165, 1.54) is 11.1 Å². The number of rotatable bonds is 6. The van der Waals surface area contributed by atoms with Gasteiger partial charge in [-0.15, -0.1) is 0 Å². The van der Waals surface area contributed by atoms with E-state index < -0.39 is 12.2 Å². The molecule has 4 atom stereocenters. The Morgan fingerprint density at radius 2 is 1.00 bits per heavy atom. The van der Waals surface area contributed by atoms with Gasteiger partial charge >= 0.3 is 11.9 Å². The number of ether oxygens (including phenoxy) is 2. The van der Waals surface area contributed by atoms with Crippen LogP contribution in [-0.2, 0) is 9.47 Å². The van der Waals surface area contributed by atoms with Crippen molar-refractivity contribution in [2.45, 2.75) is 70.0 Å². The van der Waals surface area contributed by atoms with Crippen molar-refractivity contribution < 1.29 is 19.1 Å². The number of carbonyl (C=O) groups excluding carboxylic acids is 2.